The number of rotatable bonds is 9. The second-order valence-electron chi connectivity index (χ2n) is 6.85. The molecule has 2 aliphatic rings. The molecule has 2 saturated carbocycles. The van der Waals surface area contributed by atoms with Crippen LogP contribution in [0.3, 0.4) is 0 Å². The summed E-state index contributed by atoms with van der Waals surface area (Å²) in [7, 11) is 0. The maximum Gasteiger partial charge on any atom is 0.0320 e. The van der Waals surface area contributed by atoms with Crippen LogP contribution in [0.1, 0.15) is 63.5 Å². The smallest absolute Gasteiger partial charge is 0.0320 e. The lowest BCUT2D eigenvalue weighted by Gasteiger charge is -2.23. The topological polar surface area (TPSA) is 12.0 Å². The van der Waals surface area contributed by atoms with E-state index in [2.05, 4.69) is 42.6 Å². The summed E-state index contributed by atoms with van der Waals surface area (Å²) < 4.78 is 0. The highest BCUT2D eigenvalue weighted by atomic mass is 14.9. The first-order chi connectivity index (χ1) is 9.88. The summed E-state index contributed by atoms with van der Waals surface area (Å²) in [5.74, 6) is 3.08. The summed E-state index contributed by atoms with van der Waals surface area (Å²) >= 11 is 0. The molecule has 0 aromatic heterocycles. The Kier molecular flexibility index (Phi) is 4.77. The Morgan fingerprint density at radius 1 is 1.05 bits per heavy atom. The van der Waals surface area contributed by atoms with Crippen LogP contribution in [0.15, 0.2) is 30.3 Å². The van der Waals surface area contributed by atoms with Crippen LogP contribution in [0.4, 0.5) is 0 Å². The van der Waals surface area contributed by atoms with E-state index in [-0.39, 0.29) is 0 Å². The summed E-state index contributed by atoms with van der Waals surface area (Å²) in [6.45, 7) is 3.54. The van der Waals surface area contributed by atoms with Gasteiger partial charge in [0.1, 0.15) is 0 Å². The van der Waals surface area contributed by atoms with Crippen LogP contribution in [-0.4, -0.2) is 6.54 Å². The Morgan fingerprint density at radius 2 is 1.70 bits per heavy atom. The van der Waals surface area contributed by atoms with Gasteiger partial charge < -0.3 is 5.32 Å². The van der Waals surface area contributed by atoms with Gasteiger partial charge in [-0.3, -0.25) is 0 Å². The van der Waals surface area contributed by atoms with Crippen molar-refractivity contribution in [2.24, 2.45) is 17.8 Å². The van der Waals surface area contributed by atoms with Gasteiger partial charge in [-0.1, -0.05) is 50.1 Å². The normalized spacial score (nSPS) is 20.3. The third-order valence-corrected chi connectivity index (χ3v) is 5.10. The van der Waals surface area contributed by atoms with Gasteiger partial charge in [0.05, 0.1) is 0 Å². The molecule has 3 rings (SSSR count). The van der Waals surface area contributed by atoms with Crippen LogP contribution < -0.4 is 5.32 Å². The minimum absolute atomic E-state index is 0.566. The lowest BCUT2D eigenvalue weighted by Crippen LogP contribution is -2.29. The van der Waals surface area contributed by atoms with Crippen molar-refractivity contribution in [1.82, 2.24) is 5.32 Å². The molecular formula is C19H29N. The largest absolute Gasteiger partial charge is 0.310 e. The average molecular weight is 271 g/mol. The highest BCUT2D eigenvalue weighted by Gasteiger charge is 2.41. The maximum atomic E-state index is 3.91. The zero-order valence-electron chi connectivity index (χ0n) is 12.9. The van der Waals surface area contributed by atoms with Gasteiger partial charge in [-0.25, -0.2) is 0 Å². The summed E-state index contributed by atoms with van der Waals surface area (Å²) in [4.78, 5) is 0. The highest BCUT2D eigenvalue weighted by Crippen LogP contribution is 2.49. The van der Waals surface area contributed by atoms with E-state index in [4.69, 9.17) is 0 Å². The summed E-state index contributed by atoms with van der Waals surface area (Å²) in [6.07, 6.45) is 9.87. The van der Waals surface area contributed by atoms with E-state index in [9.17, 15) is 0 Å². The van der Waals surface area contributed by atoms with Gasteiger partial charge >= 0.3 is 0 Å². The standard InChI is InChI=1S/C19H29N/c1-2-3-9-19(17-7-5-4-6-8-17)20-14-18(15-10-11-15)16-12-13-16/h4-8,15-16,18-20H,2-3,9-14H2,1H3. The molecule has 0 aliphatic heterocycles. The van der Waals surface area contributed by atoms with Crippen molar-refractivity contribution in [3.8, 4) is 0 Å². The minimum Gasteiger partial charge on any atom is -0.310 e. The molecule has 1 heteroatoms. The molecule has 110 valence electrons. The molecule has 0 bridgehead atoms. The zero-order valence-corrected chi connectivity index (χ0v) is 12.9. The van der Waals surface area contributed by atoms with E-state index < -0.39 is 0 Å². The van der Waals surface area contributed by atoms with E-state index in [1.54, 1.807) is 0 Å². The van der Waals surface area contributed by atoms with Crippen molar-refractivity contribution in [3.05, 3.63) is 35.9 Å². The highest BCUT2D eigenvalue weighted by molar-refractivity contribution is 5.18. The lowest BCUT2D eigenvalue weighted by molar-refractivity contribution is 0.347. The monoisotopic (exact) mass is 271 g/mol. The molecule has 1 N–H and O–H groups in total. The Hall–Kier alpha value is -0.820. The number of unbranched alkanes of at least 4 members (excludes halogenated alkanes) is 1. The third kappa shape index (κ3) is 3.85. The minimum atomic E-state index is 0.566. The molecule has 1 nitrogen and oxygen atoms in total. The average Bonchev–Trinajstić information content (AvgIpc) is 3.37. The molecule has 1 aromatic carbocycles. The van der Waals surface area contributed by atoms with Crippen LogP contribution >= 0.6 is 0 Å². The molecule has 1 aromatic rings. The Balaban J connectivity index is 1.57. The third-order valence-electron chi connectivity index (χ3n) is 5.10. The first-order valence-corrected chi connectivity index (χ1v) is 8.66. The lowest BCUT2D eigenvalue weighted by atomic mass is 9.95. The molecule has 0 spiro atoms. The molecule has 1 unspecified atom stereocenters. The van der Waals surface area contributed by atoms with Gasteiger partial charge in [0.25, 0.3) is 0 Å². The molecule has 0 radical (unpaired) electrons. The van der Waals surface area contributed by atoms with Crippen molar-refractivity contribution < 1.29 is 0 Å². The maximum absolute atomic E-state index is 3.91. The van der Waals surface area contributed by atoms with Crippen LogP contribution in [0, 0.1) is 17.8 Å². The number of hydrogen-bond acceptors (Lipinski definition) is 1. The number of nitrogens with one attached hydrogen (secondary N) is 1. The van der Waals surface area contributed by atoms with E-state index in [1.165, 1.54) is 57.1 Å². The van der Waals surface area contributed by atoms with E-state index in [0.29, 0.717) is 6.04 Å². The fourth-order valence-electron chi connectivity index (χ4n) is 3.53. The van der Waals surface area contributed by atoms with Gasteiger partial charge in [0.15, 0.2) is 0 Å². The van der Waals surface area contributed by atoms with Gasteiger partial charge in [0.2, 0.25) is 0 Å². The zero-order chi connectivity index (χ0) is 13.8. The summed E-state index contributed by atoms with van der Waals surface area (Å²) in [5, 5.41) is 3.91. The molecule has 2 aliphatic carbocycles. The Bertz CT molecular complexity index is 379. The Morgan fingerprint density at radius 3 is 2.25 bits per heavy atom. The van der Waals surface area contributed by atoms with Gasteiger partial charge in [-0.2, -0.15) is 0 Å². The molecule has 0 saturated heterocycles. The van der Waals surface area contributed by atoms with Crippen molar-refractivity contribution >= 4 is 0 Å². The fourth-order valence-corrected chi connectivity index (χ4v) is 3.53. The predicted molar refractivity (Wildman–Crippen MR) is 85.6 cm³/mol. The molecular weight excluding hydrogens is 242 g/mol. The first kappa shape index (κ1) is 14.1. The second-order valence-corrected chi connectivity index (χ2v) is 6.85. The van der Waals surface area contributed by atoms with E-state index >= 15 is 0 Å². The first-order valence-electron chi connectivity index (χ1n) is 8.66. The van der Waals surface area contributed by atoms with E-state index in [1.807, 2.05) is 0 Å². The van der Waals surface area contributed by atoms with Crippen LogP contribution in [0.5, 0.6) is 0 Å². The molecule has 0 heterocycles. The van der Waals surface area contributed by atoms with Gasteiger partial charge in [-0.05, 0) is 62.0 Å². The van der Waals surface area contributed by atoms with Crippen molar-refractivity contribution in [2.45, 2.75) is 57.9 Å². The van der Waals surface area contributed by atoms with Crippen LogP contribution in [0.25, 0.3) is 0 Å². The molecule has 1 atom stereocenters. The van der Waals surface area contributed by atoms with Crippen molar-refractivity contribution in [3.63, 3.8) is 0 Å². The molecule has 0 amide bonds. The number of hydrogen-bond donors (Lipinski definition) is 1. The van der Waals surface area contributed by atoms with Crippen molar-refractivity contribution in [1.29, 1.82) is 0 Å². The molecule has 20 heavy (non-hydrogen) atoms. The van der Waals surface area contributed by atoms with E-state index in [0.717, 1.165) is 17.8 Å². The van der Waals surface area contributed by atoms with Gasteiger partial charge in [0, 0.05) is 6.04 Å². The quantitative estimate of drug-likeness (QED) is 0.670. The second kappa shape index (κ2) is 6.76. The SMILES string of the molecule is CCCCC(NCC(C1CC1)C1CC1)c1ccccc1. The fraction of sp³-hybridized carbons (Fsp3) is 0.684. The Labute approximate surface area is 124 Å². The summed E-state index contributed by atoms with van der Waals surface area (Å²) in [5.41, 5.74) is 1.48. The summed E-state index contributed by atoms with van der Waals surface area (Å²) in [6, 6.07) is 11.6. The van der Waals surface area contributed by atoms with Gasteiger partial charge in [-0.15, -0.1) is 0 Å². The van der Waals surface area contributed by atoms with Crippen LogP contribution in [-0.2, 0) is 0 Å². The van der Waals surface area contributed by atoms with Crippen molar-refractivity contribution in [2.75, 3.05) is 6.54 Å². The predicted octanol–water partition coefficient (Wildman–Crippen LogP) is 4.94. The number of benzene rings is 1. The van der Waals surface area contributed by atoms with Crippen LogP contribution in [0.2, 0.25) is 0 Å². The molecule has 2 fully saturated rings.